The van der Waals surface area contributed by atoms with Crippen LogP contribution in [0.3, 0.4) is 0 Å². The van der Waals surface area contributed by atoms with Gasteiger partial charge in [-0.3, -0.25) is 4.21 Å². The average molecular weight is 284 g/mol. The fourth-order valence-corrected chi connectivity index (χ4v) is 3.56. The van der Waals surface area contributed by atoms with Crippen LogP contribution in [0.1, 0.15) is 53.4 Å². The van der Waals surface area contributed by atoms with Gasteiger partial charge in [-0.15, -0.1) is 0 Å². The smallest absolute Gasteiger partial charge is 0.118 e. The Labute approximate surface area is 120 Å². The number of methoxy groups -OCH3 is 1. The van der Waals surface area contributed by atoms with E-state index >= 15 is 0 Å². The molecule has 0 fully saturated rings. The maximum atomic E-state index is 12.4. The van der Waals surface area contributed by atoms with Crippen molar-refractivity contribution in [2.24, 2.45) is 5.92 Å². The standard InChI is InChI=1S/C16H28O2S/c1-6-9-13(12-19(17)16(2,3)4)14-10-7-8-11-15(14)18-5/h10-11,13H,6-9,12H2,1-5H3/t13?,19-/m1/s1. The third-order valence-electron chi connectivity index (χ3n) is 3.48. The lowest BCUT2D eigenvalue weighted by Gasteiger charge is -2.27. The molecule has 1 aliphatic rings. The molecule has 110 valence electrons. The van der Waals surface area contributed by atoms with E-state index in [0.717, 1.165) is 37.2 Å². The van der Waals surface area contributed by atoms with Crippen LogP contribution >= 0.6 is 0 Å². The topological polar surface area (TPSA) is 26.3 Å². The largest absolute Gasteiger partial charge is 0.497 e. The molecule has 1 aliphatic carbocycles. The molecule has 0 aromatic heterocycles. The van der Waals surface area contributed by atoms with Crippen LogP contribution in [0.4, 0.5) is 0 Å². The van der Waals surface area contributed by atoms with Gasteiger partial charge in [0.1, 0.15) is 5.76 Å². The van der Waals surface area contributed by atoms with Crippen LogP contribution in [0, 0.1) is 5.92 Å². The SMILES string of the molecule is CCCC(C[S@@](=O)C(C)(C)C)C1=CCCC=C1OC. The molecule has 0 bridgehead atoms. The van der Waals surface area contributed by atoms with Crippen molar-refractivity contribution in [1.29, 1.82) is 0 Å². The van der Waals surface area contributed by atoms with Crippen LogP contribution in [0.25, 0.3) is 0 Å². The first-order chi connectivity index (χ1) is 8.90. The minimum Gasteiger partial charge on any atom is -0.497 e. The van der Waals surface area contributed by atoms with E-state index in [9.17, 15) is 4.21 Å². The molecule has 2 nitrogen and oxygen atoms in total. The lowest BCUT2D eigenvalue weighted by molar-refractivity contribution is 0.288. The Morgan fingerprint density at radius 3 is 2.47 bits per heavy atom. The van der Waals surface area contributed by atoms with Crippen molar-refractivity contribution in [3.05, 3.63) is 23.5 Å². The monoisotopic (exact) mass is 284 g/mol. The Balaban J connectivity index is 2.86. The third kappa shape index (κ3) is 4.79. The molecular formula is C16H28O2S. The fourth-order valence-electron chi connectivity index (χ4n) is 2.35. The van der Waals surface area contributed by atoms with Gasteiger partial charge in [0.2, 0.25) is 0 Å². The zero-order chi connectivity index (χ0) is 14.5. The first-order valence-electron chi connectivity index (χ1n) is 7.23. The van der Waals surface area contributed by atoms with Gasteiger partial charge in [0.25, 0.3) is 0 Å². The average Bonchev–Trinajstić information content (AvgIpc) is 2.37. The Morgan fingerprint density at radius 2 is 1.95 bits per heavy atom. The molecule has 0 aromatic carbocycles. The van der Waals surface area contributed by atoms with E-state index in [1.165, 1.54) is 5.57 Å². The summed E-state index contributed by atoms with van der Waals surface area (Å²) < 4.78 is 17.8. The molecule has 0 saturated heterocycles. The highest BCUT2D eigenvalue weighted by Gasteiger charge is 2.27. The predicted octanol–water partition coefficient (Wildman–Crippen LogP) is 4.20. The summed E-state index contributed by atoms with van der Waals surface area (Å²) in [5.41, 5.74) is 1.27. The predicted molar refractivity (Wildman–Crippen MR) is 83.6 cm³/mol. The van der Waals surface area contributed by atoms with Crippen LogP contribution in [-0.4, -0.2) is 21.8 Å². The molecule has 0 aliphatic heterocycles. The molecule has 2 atom stereocenters. The molecule has 19 heavy (non-hydrogen) atoms. The Bertz CT molecular complexity index is 375. The van der Waals surface area contributed by atoms with E-state index in [1.807, 2.05) is 0 Å². The molecule has 1 unspecified atom stereocenters. The zero-order valence-electron chi connectivity index (χ0n) is 13.0. The molecule has 0 saturated carbocycles. The summed E-state index contributed by atoms with van der Waals surface area (Å²) in [6.07, 6.45) is 8.75. The number of allylic oxidation sites excluding steroid dienone is 3. The van der Waals surface area contributed by atoms with E-state index in [4.69, 9.17) is 4.74 Å². The highest BCUT2D eigenvalue weighted by Crippen LogP contribution is 2.31. The fraction of sp³-hybridized carbons (Fsp3) is 0.750. The lowest BCUT2D eigenvalue weighted by Crippen LogP contribution is -2.28. The first-order valence-corrected chi connectivity index (χ1v) is 8.55. The van der Waals surface area contributed by atoms with Crippen LogP contribution in [0.2, 0.25) is 0 Å². The van der Waals surface area contributed by atoms with Gasteiger partial charge in [-0.25, -0.2) is 0 Å². The van der Waals surface area contributed by atoms with Crippen molar-refractivity contribution in [3.63, 3.8) is 0 Å². The van der Waals surface area contributed by atoms with Crippen molar-refractivity contribution in [3.8, 4) is 0 Å². The van der Waals surface area contributed by atoms with E-state index in [0.29, 0.717) is 5.92 Å². The molecule has 0 heterocycles. The second-order valence-corrected chi connectivity index (χ2v) is 8.37. The molecule has 0 aromatic rings. The molecular weight excluding hydrogens is 256 g/mol. The molecule has 0 amide bonds. The molecule has 0 spiro atoms. The van der Waals surface area contributed by atoms with E-state index in [-0.39, 0.29) is 4.75 Å². The van der Waals surface area contributed by atoms with Gasteiger partial charge in [-0.1, -0.05) is 19.4 Å². The molecule has 3 heteroatoms. The number of ether oxygens (including phenoxy) is 1. The van der Waals surface area contributed by atoms with Gasteiger partial charge in [0.15, 0.2) is 0 Å². The van der Waals surface area contributed by atoms with Crippen LogP contribution < -0.4 is 0 Å². The Hall–Kier alpha value is -0.570. The van der Waals surface area contributed by atoms with E-state index < -0.39 is 10.8 Å². The summed E-state index contributed by atoms with van der Waals surface area (Å²) in [5.74, 6) is 2.09. The minimum absolute atomic E-state index is 0.141. The Morgan fingerprint density at radius 1 is 1.32 bits per heavy atom. The van der Waals surface area contributed by atoms with Gasteiger partial charge in [-0.2, -0.15) is 0 Å². The molecule has 0 N–H and O–H groups in total. The number of hydrogen-bond acceptors (Lipinski definition) is 2. The summed E-state index contributed by atoms with van der Waals surface area (Å²) in [6.45, 7) is 8.34. The van der Waals surface area contributed by atoms with E-state index in [2.05, 4.69) is 39.8 Å². The van der Waals surface area contributed by atoms with Crippen molar-refractivity contribution in [1.82, 2.24) is 0 Å². The lowest BCUT2D eigenvalue weighted by atomic mass is 9.90. The summed E-state index contributed by atoms with van der Waals surface area (Å²) in [5, 5.41) is 0. The van der Waals surface area contributed by atoms with Gasteiger partial charge < -0.3 is 4.74 Å². The van der Waals surface area contributed by atoms with Gasteiger partial charge in [0.05, 0.1) is 7.11 Å². The van der Waals surface area contributed by atoms with Gasteiger partial charge in [0, 0.05) is 21.3 Å². The van der Waals surface area contributed by atoms with Crippen molar-refractivity contribution < 1.29 is 8.95 Å². The van der Waals surface area contributed by atoms with E-state index in [1.54, 1.807) is 7.11 Å². The second kappa shape index (κ2) is 7.28. The van der Waals surface area contributed by atoms with Gasteiger partial charge in [-0.05, 0) is 57.6 Å². The van der Waals surface area contributed by atoms with Gasteiger partial charge >= 0.3 is 0 Å². The summed E-state index contributed by atoms with van der Waals surface area (Å²) >= 11 is 0. The number of rotatable bonds is 6. The van der Waals surface area contributed by atoms with Crippen LogP contribution in [-0.2, 0) is 15.5 Å². The minimum atomic E-state index is -0.811. The molecule has 1 rings (SSSR count). The highest BCUT2D eigenvalue weighted by atomic mass is 32.2. The zero-order valence-corrected chi connectivity index (χ0v) is 13.8. The normalized spacial score (nSPS) is 19.4. The van der Waals surface area contributed by atoms with Crippen LogP contribution in [0.5, 0.6) is 0 Å². The van der Waals surface area contributed by atoms with Crippen molar-refractivity contribution in [2.75, 3.05) is 12.9 Å². The maximum absolute atomic E-state index is 12.4. The summed E-state index contributed by atoms with van der Waals surface area (Å²) in [4.78, 5) is 0. The third-order valence-corrected chi connectivity index (χ3v) is 5.55. The Kier molecular flexibility index (Phi) is 6.31. The quantitative estimate of drug-likeness (QED) is 0.730. The van der Waals surface area contributed by atoms with Crippen molar-refractivity contribution in [2.45, 2.75) is 58.1 Å². The number of hydrogen-bond donors (Lipinski definition) is 0. The highest BCUT2D eigenvalue weighted by molar-refractivity contribution is 7.86. The summed E-state index contributed by atoms with van der Waals surface area (Å²) in [6, 6.07) is 0. The summed E-state index contributed by atoms with van der Waals surface area (Å²) in [7, 11) is 0.920. The molecule has 0 radical (unpaired) electrons. The van der Waals surface area contributed by atoms with Crippen LogP contribution in [0.15, 0.2) is 23.5 Å². The van der Waals surface area contributed by atoms with Crippen molar-refractivity contribution >= 4 is 10.8 Å². The first kappa shape index (κ1) is 16.5. The maximum Gasteiger partial charge on any atom is 0.118 e. The second-order valence-electron chi connectivity index (χ2n) is 6.12.